The third-order valence-electron chi connectivity index (χ3n) is 4.50. The van der Waals surface area contributed by atoms with E-state index in [1.807, 2.05) is 6.92 Å². The lowest BCUT2D eigenvalue weighted by Gasteiger charge is -2.24. The number of methoxy groups -OCH3 is 1. The summed E-state index contributed by atoms with van der Waals surface area (Å²) < 4.78 is 18.0. The van der Waals surface area contributed by atoms with Gasteiger partial charge in [-0.3, -0.25) is 9.59 Å². The van der Waals surface area contributed by atoms with E-state index in [1.54, 1.807) is 17.0 Å². The molecule has 6 heteroatoms. The van der Waals surface area contributed by atoms with Crippen LogP contribution in [0.1, 0.15) is 31.2 Å². The average Bonchev–Trinajstić information content (AvgIpc) is 2.94. The number of hydrogen-bond donors (Lipinski definition) is 1. The topological polar surface area (TPSA) is 66.8 Å². The zero-order valence-corrected chi connectivity index (χ0v) is 13.4. The minimum absolute atomic E-state index is 0.0506. The number of aliphatic carboxylic acids is 1. The molecule has 1 saturated heterocycles. The summed E-state index contributed by atoms with van der Waals surface area (Å²) in [5.74, 6) is -1.37. The van der Waals surface area contributed by atoms with E-state index < -0.39 is 11.4 Å². The number of hydrogen-bond acceptors (Lipinski definition) is 3. The summed E-state index contributed by atoms with van der Waals surface area (Å²) in [5.41, 5.74) is -0.121. The smallest absolute Gasteiger partial charge is 0.313 e. The van der Waals surface area contributed by atoms with Crippen LogP contribution in [-0.4, -0.2) is 48.7 Å². The molecule has 0 aliphatic carbocycles. The monoisotopic (exact) mass is 323 g/mol. The van der Waals surface area contributed by atoms with Crippen LogP contribution < -0.4 is 0 Å². The van der Waals surface area contributed by atoms with Gasteiger partial charge < -0.3 is 14.7 Å². The molecule has 1 aromatic carbocycles. The van der Waals surface area contributed by atoms with Crippen molar-refractivity contribution >= 4 is 11.9 Å². The molecular formula is C17H22FNO4. The van der Waals surface area contributed by atoms with Gasteiger partial charge in [-0.2, -0.15) is 0 Å². The summed E-state index contributed by atoms with van der Waals surface area (Å²) >= 11 is 0. The maximum atomic E-state index is 12.9. The van der Waals surface area contributed by atoms with Crippen LogP contribution in [0, 0.1) is 11.2 Å². The van der Waals surface area contributed by atoms with Crippen molar-refractivity contribution in [3.05, 3.63) is 35.6 Å². The molecule has 0 bridgehead atoms. The Labute approximate surface area is 135 Å². The first-order valence-electron chi connectivity index (χ1n) is 7.63. The number of rotatable bonds is 6. The largest absolute Gasteiger partial charge is 0.481 e. The summed E-state index contributed by atoms with van der Waals surface area (Å²) in [6.07, 6.45) is 0.668. The number of carboxylic acid groups (broad SMARTS) is 1. The molecule has 0 aromatic heterocycles. The zero-order valence-electron chi connectivity index (χ0n) is 13.4. The Kier molecular flexibility index (Phi) is 5.36. The van der Waals surface area contributed by atoms with Crippen molar-refractivity contribution in [2.75, 3.05) is 26.8 Å². The third kappa shape index (κ3) is 3.88. The molecule has 5 nitrogen and oxygen atoms in total. The van der Waals surface area contributed by atoms with E-state index in [0.29, 0.717) is 13.0 Å². The first kappa shape index (κ1) is 17.4. The first-order valence-corrected chi connectivity index (χ1v) is 7.63. The van der Waals surface area contributed by atoms with Crippen molar-refractivity contribution in [3.8, 4) is 0 Å². The average molecular weight is 323 g/mol. The van der Waals surface area contributed by atoms with Crippen LogP contribution in [0.3, 0.4) is 0 Å². The molecule has 0 saturated carbocycles. The highest BCUT2D eigenvalue weighted by molar-refractivity contribution is 5.81. The van der Waals surface area contributed by atoms with Gasteiger partial charge >= 0.3 is 5.97 Å². The van der Waals surface area contributed by atoms with Crippen LogP contribution in [0.5, 0.6) is 0 Å². The van der Waals surface area contributed by atoms with Crippen molar-refractivity contribution in [1.29, 1.82) is 0 Å². The van der Waals surface area contributed by atoms with Gasteiger partial charge in [0.25, 0.3) is 0 Å². The number of ether oxygens (including phenoxy) is 1. The summed E-state index contributed by atoms with van der Waals surface area (Å²) in [5, 5.41) is 9.43. The predicted molar refractivity (Wildman–Crippen MR) is 82.6 cm³/mol. The quantitative estimate of drug-likeness (QED) is 0.872. The van der Waals surface area contributed by atoms with Crippen LogP contribution in [-0.2, 0) is 14.3 Å². The lowest BCUT2D eigenvalue weighted by atomic mass is 9.88. The van der Waals surface area contributed by atoms with Crippen molar-refractivity contribution in [1.82, 2.24) is 4.90 Å². The van der Waals surface area contributed by atoms with Gasteiger partial charge in [-0.25, -0.2) is 4.39 Å². The predicted octanol–water partition coefficient (Wildman–Crippen LogP) is 2.27. The molecule has 23 heavy (non-hydrogen) atoms. The molecule has 1 aromatic rings. The summed E-state index contributed by atoms with van der Waals surface area (Å²) in [7, 11) is 1.46. The second-order valence-corrected chi connectivity index (χ2v) is 6.24. The minimum Gasteiger partial charge on any atom is -0.481 e. The normalized spacial score (nSPS) is 22.1. The van der Waals surface area contributed by atoms with Gasteiger partial charge in [0.1, 0.15) is 11.2 Å². The van der Waals surface area contributed by atoms with Gasteiger partial charge in [-0.05, 0) is 30.0 Å². The molecule has 1 fully saturated rings. The number of carbonyl (C=O) groups excluding carboxylic acids is 1. The first-order chi connectivity index (χ1) is 10.9. The highest BCUT2D eigenvalue weighted by atomic mass is 19.1. The fraction of sp³-hybridized carbons (Fsp3) is 0.529. The Morgan fingerprint density at radius 1 is 1.39 bits per heavy atom. The minimum atomic E-state index is -1.01. The number of carbonyl (C=O) groups is 2. The molecule has 0 radical (unpaired) electrons. The second kappa shape index (κ2) is 7.08. The maximum absolute atomic E-state index is 12.9. The van der Waals surface area contributed by atoms with E-state index in [9.17, 15) is 19.1 Å². The van der Waals surface area contributed by atoms with Gasteiger partial charge in [0.15, 0.2) is 0 Å². The van der Waals surface area contributed by atoms with Crippen molar-refractivity contribution in [2.24, 2.45) is 5.41 Å². The lowest BCUT2D eigenvalue weighted by Crippen LogP contribution is -2.40. The molecule has 126 valence electrons. The van der Waals surface area contributed by atoms with Gasteiger partial charge in [-0.1, -0.05) is 19.1 Å². The number of amides is 1. The van der Waals surface area contributed by atoms with E-state index >= 15 is 0 Å². The Morgan fingerprint density at radius 3 is 2.61 bits per heavy atom. The SMILES string of the molecule is COCC1(C(=O)O)CCN(C(=O)CC(C)c2ccc(F)cc2)C1. The van der Waals surface area contributed by atoms with Crippen LogP contribution in [0.15, 0.2) is 24.3 Å². The Hall–Kier alpha value is -1.95. The van der Waals surface area contributed by atoms with E-state index in [0.717, 1.165) is 5.56 Å². The summed E-state index contributed by atoms with van der Waals surface area (Å²) in [6.45, 7) is 2.59. The molecule has 1 aliphatic rings. The molecule has 2 rings (SSSR count). The molecular weight excluding hydrogens is 301 g/mol. The Bertz CT molecular complexity index is 574. The van der Waals surface area contributed by atoms with Crippen molar-refractivity contribution in [3.63, 3.8) is 0 Å². The molecule has 1 heterocycles. The van der Waals surface area contributed by atoms with E-state index in [-0.39, 0.29) is 37.2 Å². The number of nitrogens with zero attached hydrogens (tertiary/aromatic N) is 1. The molecule has 1 aliphatic heterocycles. The number of halogens is 1. The number of carboxylic acids is 1. The maximum Gasteiger partial charge on any atom is 0.313 e. The van der Waals surface area contributed by atoms with E-state index in [2.05, 4.69) is 0 Å². The summed E-state index contributed by atoms with van der Waals surface area (Å²) in [4.78, 5) is 25.5. The van der Waals surface area contributed by atoms with Gasteiger partial charge in [-0.15, -0.1) is 0 Å². The van der Waals surface area contributed by atoms with Crippen molar-refractivity contribution < 1.29 is 23.8 Å². The van der Waals surface area contributed by atoms with Crippen LogP contribution in [0.4, 0.5) is 4.39 Å². The Balaban J connectivity index is 1.99. The molecule has 0 spiro atoms. The lowest BCUT2D eigenvalue weighted by molar-refractivity contribution is -0.151. The van der Waals surface area contributed by atoms with E-state index in [4.69, 9.17) is 4.74 Å². The van der Waals surface area contributed by atoms with Gasteiger partial charge in [0, 0.05) is 26.6 Å². The fourth-order valence-corrected chi connectivity index (χ4v) is 3.02. The van der Waals surface area contributed by atoms with Crippen LogP contribution >= 0.6 is 0 Å². The summed E-state index contributed by atoms with van der Waals surface area (Å²) in [6, 6.07) is 6.09. The molecule has 1 amide bonds. The molecule has 2 atom stereocenters. The van der Waals surface area contributed by atoms with Crippen LogP contribution in [0.25, 0.3) is 0 Å². The number of benzene rings is 1. The Morgan fingerprint density at radius 2 is 2.04 bits per heavy atom. The molecule has 1 N–H and O–H groups in total. The highest BCUT2D eigenvalue weighted by Crippen LogP contribution is 2.32. The van der Waals surface area contributed by atoms with Gasteiger partial charge in [0.2, 0.25) is 5.91 Å². The van der Waals surface area contributed by atoms with Gasteiger partial charge in [0.05, 0.1) is 6.61 Å². The standard InChI is InChI=1S/C17H22FNO4/c1-12(13-3-5-14(18)6-4-13)9-15(20)19-8-7-17(10-19,11-23-2)16(21)22/h3-6,12H,7-11H2,1-2H3,(H,21,22). The van der Waals surface area contributed by atoms with E-state index in [1.165, 1.54) is 19.2 Å². The fourth-order valence-electron chi connectivity index (χ4n) is 3.02. The number of likely N-dealkylation sites (tertiary alicyclic amines) is 1. The van der Waals surface area contributed by atoms with Crippen molar-refractivity contribution in [2.45, 2.75) is 25.7 Å². The second-order valence-electron chi connectivity index (χ2n) is 6.24. The van der Waals surface area contributed by atoms with Crippen LogP contribution in [0.2, 0.25) is 0 Å². The zero-order chi connectivity index (χ0) is 17.0. The molecule has 2 unspecified atom stereocenters. The third-order valence-corrected chi connectivity index (χ3v) is 4.50. The highest BCUT2D eigenvalue weighted by Gasteiger charge is 2.46.